The molecule has 60 heavy (non-hydrogen) atoms. The van der Waals surface area contributed by atoms with Crippen molar-refractivity contribution in [3.05, 3.63) is 175 Å². The molecular weight excluding hydrogens is 916 g/mol. The van der Waals surface area contributed by atoms with Crippen LogP contribution in [0.2, 0.25) is 0 Å². The van der Waals surface area contributed by atoms with Crippen molar-refractivity contribution in [2.24, 2.45) is 0 Å². The van der Waals surface area contributed by atoms with E-state index in [1.807, 2.05) is 30.7 Å². The fourth-order valence-electron chi connectivity index (χ4n) is 8.67. The fraction of sp³-hybridized carbons (Fsp3) is 0.113. The molecule has 6 aromatic carbocycles. The zero-order valence-electron chi connectivity index (χ0n) is 33.9. The minimum absolute atomic E-state index is 0. The predicted molar refractivity (Wildman–Crippen MR) is 243 cm³/mol. The monoisotopic (exact) mass is 955 g/mol. The van der Waals surface area contributed by atoms with Crippen LogP contribution in [0.15, 0.2) is 152 Å². The standard InChI is InChI=1S/C53H40N6.Pt/c1-32-16-19-38(28-33(32)2)58-47-15-9-11-39(51(47)57-52(58)43-13-8-12-42-40-10-6-7-14-45(40)56-50(42)43)36-17-20-41-44-31-37(53(3,4)5)18-21-46(44)59(48(41)29-36)49-30-35(24-27-55-49)34-22-25-54-26-23-34;/h6-28,30-31H,1-5H3;/q-2;+2. The van der Waals surface area contributed by atoms with Crippen LogP contribution in [0.3, 0.4) is 0 Å². The number of para-hydroxylation sites is 3. The molecule has 0 aliphatic carbocycles. The van der Waals surface area contributed by atoms with Crippen LogP contribution in [0, 0.1) is 19.9 Å². The average molecular weight is 956 g/mol. The summed E-state index contributed by atoms with van der Waals surface area (Å²) in [4.78, 5) is 20.0. The van der Waals surface area contributed by atoms with Crippen LogP contribution in [0.1, 0.15) is 37.5 Å². The Labute approximate surface area is 362 Å². The number of aromatic nitrogens is 6. The van der Waals surface area contributed by atoms with Gasteiger partial charge in [0.15, 0.2) is 0 Å². The number of benzene rings is 6. The van der Waals surface area contributed by atoms with Gasteiger partial charge in [0.2, 0.25) is 0 Å². The van der Waals surface area contributed by atoms with Crippen molar-refractivity contribution in [3.8, 4) is 45.1 Å². The Bertz CT molecular complexity index is 3450. The number of imidazole rings is 1. The molecule has 0 radical (unpaired) electrons. The molecule has 0 atom stereocenters. The van der Waals surface area contributed by atoms with Crippen LogP contribution in [0.4, 0.5) is 0 Å². The molecule has 6 nitrogen and oxygen atoms in total. The van der Waals surface area contributed by atoms with Gasteiger partial charge in [-0.2, -0.15) is 0 Å². The Morgan fingerprint density at radius 2 is 1.38 bits per heavy atom. The molecule has 0 amide bonds. The maximum absolute atomic E-state index is 5.57. The smallest absolute Gasteiger partial charge is 0.656 e. The average Bonchev–Trinajstić information content (AvgIpc) is 3.94. The van der Waals surface area contributed by atoms with E-state index in [1.54, 1.807) is 0 Å². The molecule has 0 spiro atoms. The van der Waals surface area contributed by atoms with Crippen molar-refractivity contribution in [1.82, 2.24) is 29.1 Å². The van der Waals surface area contributed by atoms with Crippen LogP contribution in [0.25, 0.3) is 99.8 Å². The molecule has 0 unspecified atom stereocenters. The summed E-state index contributed by atoms with van der Waals surface area (Å²) in [7, 11) is 0. The summed E-state index contributed by atoms with van der Waals surface area (Å²) < 4.78 is 4.56. The summed E-state index contributed by atoms with van der Waals surface area (Å²) in [6.45, 7) is 11.1. The van der Waals surface area contributed by atoms with Crippen molar-refractivity contribution in [2.45, 2.75) is 40.0 Å². The maximum atomic E-state index is 5.57. The normalized spacial score (nSPS) is 11.9. The minimum Gasteiger partial charge on any atom is -0.656 e. The number of rotatable bonds is 5. The Morgan fingerprint density at radius 1 is 0.600 bits per heavy atom. The van der Waals surface area contributed by atoms with Gasteiger partial charge >= 0.3 is 21.1 Å². The molecular formula is C53H40N6Pt. The van der Waals surface area contributed by atoms with E-state index >= 15 is 0 Å². The number of pyridine rings is 2. The van der Waals surface area contributed by atoms with Crippen LogP contribution in [-0.4, -0.2) is 24.1 Å². The van der Waals surface area contributed by atoms with Gasteiger partial charge in [0.1, 0.15) is 11.6 Å². The van der Waals surface area contributed by atoms with Crippen LogP contribution in [-0.2, 0) is 26.5 Å². The van der Waals surface area contributed by atoms with Crippen molar-refractivity contribution in [1.29, 1.82) is 0 Å². The largest absolute Gasteiger partial charge is 2.00 e. The number of aryl methyl sites for hydroxylation is 2. The summed E-state index contributed by atoms with van der Waals surface area (Å²) in [5.41, 5.74) is 15.8. The molecule has 11 rings (SSSR count). The van der Waals surface area contributed by atoms with Gasteiger partial charge in [-0.05, 0) is 117 Å². The van der Waals surface area contributed by atoms with E-state index in [1.165, 1.54) is 22.1 Å². The zero-order chi connectivity index (χ0) is 40.0. The number of nitrogens with zero attached hydrogens (tertiary/aromatic N) is 6. The van der Waals surface area contributed by atoms with Gasteiger partial charge in [-0.25, -0.2) is 9.97 Å². The van der Waals surface area contributed by atoms with E-state index in [0.717, 1.165) is 94.4 Å². The first-order valence-corrected chi connectivity index (χ1v) is 20.1. The van der Waals surface area contributed by atoms with E-state index in [4.69, 9.17) is 15.0 Å². The minimum atomic E-state index is -0.0110. The summed E-state index contributed by atoms with van der Waals surface area (Å²) in [6, 6.07) is 51.5. The fourth-order valence-corrected chi connectivity index (χ4v) is 8.67. The van der Waals surface area contributed by atoms with E-state index in [0.29, 0.717) is 0 Å². The third-order valence-electron chi connectivity index (χ3n) is 12.0. The van der Waals surface area contributed by atoms with Gasteiger partial charge in [-0.15, -0.1) is 34.8 Å². The summed E-state index contributed by atoms with van der Waals surface area (Å²) in [5, 5.41) is 4.57. The molecule has 11 aromatic rings. The summed E-state index contributed by atoms with van der Waals surface area (Å²) in [6.07, 6.45) is 5.55. The van der Waals surface area contributed by atoms with E-state index in [9.17, 15) is 0 Å². The molecule has 0 saturated carbocycles. The van der Waals surface area contributed by atoms with Crippen LogP contribution in [0.5, 0.6) is 0 Å². The van der Waals surface area contributed by atoms with E-state index in [-0.39, 0.29) is 26.5 Å². The molecule has 0 fully saturated rings. The molecule has 0 bridgehead atoms. The first-order valence-electron chi connectivity index (χ1n) is 20.1. The van der Waals surface area contributed by atoms with Gasteiger partial charge in [-0.1, -0.05) is 105 Å². The first-order chi connectivity index (χ1) is 28.7. The zero-order valence-corrected chi connectivity index (χ0v) is 36.2. The molecule has 5 heterocycles. The Balaban J connectivity index is 0.00000433. The third kappa shape index (κ3) is 6.00. The van der Waals surface area contributed by atoms with Crippen LogP contribution < -0.4 is 4.98 Å². The van der Waals surface area contributed by atoms with Crippen molar-refractivity contribution in [2.75, 3.05) is 0 Å². The second-order valence-corrected chi connectivity index (χ2v) is 16.6. The van der Waals surface area contributed by atoms with Gasteiger partial charge in [0.25, 0.3) is 0 Å². The van der Waals surface area contributed by atoms with Crippen molar-refractivity contribution in [3.63, 3.8) is 0 Å². The summed E-state index contributed by atoms with van der Waals surface area (Å²) in [5.74, 6) is 1.68. The van der Waals surface area contributed by atoms with Gasteiger partial charge < -0.3 is 9.55 Å². The predicted octanol–water partition coefficient (Wildman–Crippen LogP) is 12.9. The van der Waals surface area contributed by atoms with Crippen molar-refractivity contribution < 1.29 is 21.1 Å². The van der Waals surface area contributed by atoms with Gasteiger partial charge in [0, 0.05) is 35.4 Å². The number of hydrogen-bond acceptors (Lipinski definition) is 3. The maximum Gasteiger partial charge on any atom is 2.00 e. The van der Waals surface area contributed by atoms with Gasteiger partial charge in [-0.3, -0.25) is 9.55 Å². The molecule has 0 aliphatic rings. The Hall–Kier alpha value is -6.62. The molecule has 0 saturated heterocycles. The second-order valence-electron chi connectivity index (χ2n) is 16.6. The SMILES string of the molecule is Cc1ccc(-n2c(-c3cccc4c3[n-]c3ccccc34)nc3c(-c4[c-]c5c(cc4)c4cc(C(C)(C)C)ccc4n5-c4cc(-c5ccncc5)ccn4)cccc32)cc1C.[Pt+2]. The van der Waals surface area contributed by atoms with Crippen LogP contribution >= 0.6 is 0 Å². The second kappa shape index (κ2) is 14.3. The van der Waals surface area contributed by atoms with Gasteiger partial charge in [0.05, 0.1) is 11.0 Å². The Morgan fingerprint density at radius 3 is 2.22 bits per heavy atom. The quantitative estimate of drug-likeness (QED) is 0.161. The third-order valence-corrected chi connectivity index (χ3v) is 12.0. The van der Waals surface area contributed by atoms with E-state index < -0.39 is 0 Å². The molecule has 0 aliphatic heterocycles. The molecule has 7 heteroatoms. The number of fused-ring (bicyclic) bond motifs is 7. The Kier molecular flexibility index (Phi) is 8.96. The molecule has 0 N–H and O–H groups in total. The summed E-state index contributed by atoms with van der Waals surface area (Å²) >= 11 is 0. The van der Waals surface area contributed by atoms with E-state index in [2.05, 4.69) is 176 Å². The first kappa shape index (κ1) is 37.6. The molecule has 5 aromatic heterocycles. The molecule has 292 valence electrons. The topological polar surface area (TPSA) is 62.6 Å². The number of hydrogen-bond donors (Lipinski definition) is 0. The van der Waals surface area contributed by atoms with Crippen molar-refractivity contribution >= 4 is 54.6 Å².